The molecule has 0 amide bonds. The van der Waals surface area contributed by atoms with E-state index in [1.165, 1.54) is 25.1 Å². The molecule has 1 nitrogen and oxygen atoms in total. The summed E-state index contributed by atoms with van der Waals surface area (Å²) in [7, 11) is 0. The van der Waals surface area contributed by atoms with Gasteiger partial charge in [0.15, 0.2) is 29.1 Å². The second-order valence-electron chi connectivity index (χ2n) is 4.37. The Morgan fingerprint density at radius 3 is 2.35 bits per heavy atom. The van der Waals surface area contributed by atoms with Crippen molar-refractivity contribution in [2.75, 3.05) is 0 Å². The molecule has 0 aliphatic rings. The van der Waals surface area contributed by atoms with E-state index in [1.807, 2.05) is 0 Å². The predicted molar refractivity (Wildman–Crippen MR) is 65.5 cm³/mol. The number of halogens is 4. The lowest BCUT2D eigenvalue weighted by Gasteiger charge is -2.06. The van der Waals surface area contributed by atoms with Crippen molar-refractivity contribution in [3.63, 3.8) is 0 Å². The second kappa shape index (κ2) is 5.45. The summed E-state index contributed by atoms with van der Waals surface area (Å²) in [6.45, 7) is 1.36. The maximum Gasteiger partial charge on any atom is 0.170 e. The highest BCUT2D eigenvalue weighted by atomic mass is 19.2. The standard InChI is InChI=1S/C15H10F4O/c1-8-5-6-10(15(19)13(8)17)12(20)7-9-3-2-4-11(16)14(9)18/h2-6H,7H2,1H3. The predicted octanol–water partition coefficient (Wildman–Crippen LogP) is 3.98. The molecule has 0 radical (unpaired) electrons. The molecule has 0 aliphatic heterocycles. The van der Waals surface area contributed by atoms with E-state index in [1.54, 1.807) is 0 Å². The van der Waals surface area contributed by atoms with Gasteiger partial charge in [0.2, 0.25) is 0 Å². The number of carbonyl (C=O) groups is 1. The van der Waals surface area contributed by atoms with Crippen LogP contribution in [0.5, 0.6) is 0 Å². The zero-order valence-corrected chi connectivity index (χ0v) is 10.5. The lowest BCUT2D eigenvalue weighted by Crippen LogP contribution is -2.10. The van der Waals surface area contributed by atoms with Crippen molar-refractivity contribution in [2.24, 2.45) is 0 Å². The number of hydrogen-bond donors (Lipinski definition) is 0. The highest BCUT2D eigenvalue weighted by Gasteiger charge is 2.19. The molecule has 0 atom stereocenters. The molecular weight excluding hydrogens is 272 g/mol. The number of benzene rings is 2. The summed E-state index contributed by atoms with van der Waals surface area (Å²) in [4.78, 5) is 11.9. The quantitative estimate of drug-likeness (QED) is 0.615. The van der Waals surface area contributed by atoms with Gasteiger partial charge in [-0.2, -0.15) is 0 Å². The third kappa shape index (κ3) is 2.57. The van der Waals surface area contributed by atoms with Gasteiger partial charge in [0.1, 0.15) is 0 Å². The van der Waals surface area contributed by atoms with Gasteiger partial charge in [-0.05, 0) is 30.2 Å². The highest BCUT2D eigenvalue weighted by Crippen LogP contribution is 2.19. The number of aryl methyl sites for hydroxylation is 1. The van der Waals surface area contributed by atoms with Crippen molar-refractivity contribution >= 4 is 5.78 Å². The first kappa shape index (κ1) is 14.2. The average molecular weight is 282 g/mol. The highest BCUT2D eigenvalue weighted by molar-refractivity contribution is 5.97. The van der Waals surface area contributed by atoms with Crippen molar-refractivity contribution in [3.8, 4) is 0 Å². The lowest BCUT2D eigenvalue weighted by molar-refractivity contribution is 0.0986. The first-order valence-electron chi connectivity index (χ1n) is 5.82. The fourth-order valence-electron chi connectivity index (χ4n) is 1.81. The molecule has 0 aromatic heterocycles. The van der Waals surface area contributed by atoms with Crippen molar-refractivity contribution < 1.29 is 22.4 Å². The molecule has 2 aromatic carbocycles. The fraction of sp³-hybridized carbons (Fsp3) is 0.133. The fourth-order valence-corrected chi connectivity index (χ4v) is 1.81. The average Bonchev–Trinajstić information content (AvgIpc) is 2.41. The van der Waals surface area contributed by atoms with Crippen LogP contribution in [-0.4, -0.2) is 5.78 Å². The summed E-state index contributed by atoms with van der Waals surface area (Å²) in [5.41, 5.74) is -0.608. The van der Waals surface area contributed by atoms with E-state index in [4.69, 9.17) is 0 Å². The third-order valence-electron chi connectivity index (χ3n) is 2.96. The Hall–Kier alpha value is -2.17. The molecule has 0 bridgehead atoms. The molecule has 104 valence electrons. The molecule has 0 spiro atoms. The topological polar surface area (TPSA) is 17.1 Å². The van der Waals surface area contributed by atoms with Crippen LogP contribution in [-0.2, 0) is 6.42 Å². The Morgan fingerprint density at radius 1 is 0.950 bits per heavy atom. The summed E-state index contributed by atoms with van der Waals surface area (Å²) in [6, 6.07) is 5.77. The Labute approximate surface area is 112 Å². The van der Waals surface area contributed by atoms with Gasteiger partial charge < -0.3 is 0 Å². The normalized spacial score (nSPS) is 10.7. The van der Waals surface area contributed by atoms with Crippen molar-refractivity contribution in [1.82, 2.24) is 0 Å². The van der Waals surface area contributed by atoms with Crippen molar-refractivity contribution in [3.05, 3.63) is 70.3 Å². The van der Waals surface area contributed by atoms with Crippen LogP contribution >= 0.6 is 0 Å². The lowest BCUT2D eigenvalue weighted by atomic mass is 10.0. The minimum Gasteiger partial charge on any atom is -0.294 e. The van der Waals surface area contributed by atoms with Crippen LogP contribution in [0.4, 0.5) is 17.6 Å². The Bertz CT molecular complexity index is 680. The summed E-state index contributed by atoms with van der Waals surface area (Å²) < 4.78 is 53.4. The molecule has 0 aliphatic carbocycles. The van der Waals surface area contributed by atoms with Crippen LogP contribution in [0.25, 0.3) is 0 Å². The van der Waals surface area contributed by atoms with Gasteiger partial charge in [-0.15, -0.1) is 0 Å². The monoisotopic (exact) mass is 282 g/mol. The number of rotatable bonds is 3. The van der Waals surface area contributed by atoms with E-state index in [0.717, 1.165) is 12.1 Å². The first-order chi connectivity index (χ1) is 9.41. The van der Waals surface area contributed by atoms with Gasteiger partial charge in [0.05, 0.1) is 5.56 Å². The molecule has 2 rings (SSSR count). The minimum absolute atomic E-state index is 0.0657. The van der Waals surface area contributed by atoms with Crippen LogP contribution in [0.1, 0.15) is 21.5 Å². The maximum atomic E-state index is 13.6. The van der Waals surface area contributed by atoms with Crippen LogP contribution in [0, 0.1) is 30.2 Å². The van der Waals surface area contributed by atoms with E-state index in [0.29, 0.717) is 0 Å². The molecule has 20 heavy (non-hydrogen) atoms. The molecule has 0 heterocycles. The zero-order valence-electron chi connectivity index (χ0n) is 10.5. The first-order valence-corrected chi connectivity index (χ1v) is 5.82. The number of Topliss-reactive ketones (excluding diaryl/α,β-unsaturated/α-hetero) is 1. The van der Waals surface area contributed by atoms with Crippen molar-refractivity contribution in [2.45, 2.75) is 13.3 Å². The largest absolute Gasteiger partial charge is 0.294 e. The van der Waals surface area contributed by atoms with Crippen LogP contribution < -0.4 is 0 Å². The summed E-state index contributed by atoms with van der Waals surface area (Å²) in [6.07, 6.45) is -0.539. The maximum absolute atomic E-state index is 13.6. The smallest absolute Gasteiger partial charge is 0.170 e. The van der Waals surface area contributed by atoms with E-state index < -0.39 is 41.0 Å². The number of ketones is 1. The van der Waals surface area contributed by atoms with Gasteiger partial charge in [-0.1, -0.05) is 18.2 Å². The molecule has 0 saturated carbocycles. The minimum atomic E-state index is -1.27. The molecule has 2 aromatic rings. The SMILES string of the molecule is Cc1ccc(C(=O)Cc2cccc(F)c2F)c(F)c1F. The summed E-state index contributed by atoms with van der Waals surface area (Å²) >= 11 is 0. The van der Waals surface area contributed by atoms with Crippen LogP contribution in [0.3, 0.4) is 0 Å². The molecule has 0 unspecified atom stereocenters. The number of carbonyl (C=O) groups excluding carboxylic acids is 1. The van der Waals surface area contributed by atoms with Crippen LogP contribution in [0.15, 0.2) is 30.3 Å². The van der Waals surface area contributed by atoms with E-state index in [9.17, 15) is 22.4 Å². The van der Waals surface area contributed by atoms with Gasteiger partial charge >= 0.3 is 0 Å². The van der Waals surface area contributed by atoms with Crippen LogP contribution in [0.2, 0.25) is 0 Å². The molecular formula is C15H10F4O. The summed E-state index contributed by atoms with van der Waals surface area (Å²) in [5, 5.41) is 0. The zero-order chi connectivity index (χ0) is 14.9. The van der Waals surface area contributed by atoms with E-state index in [-0.39, 0.29) is 11.1 Å². The van der Waals surface area contributed by atoms with E-state index >= 15 is 0 Å². The third-order valence-corrected chi connectivity index (χ3v) is 2.96. The molecule has 0 N–H and O–H groups in total. The molecule has 0 fully saturated rings. The Balaban J connectivity index is 2.34. The Kier molecular flexibility index (Phi) is 3.88. The van der Waals surface area contributed by atoms with E-state index in [2.05, 4.69) is 0 Å². The van der Waals surface area contributed by atoms with Gasteiger partial charge in [-0.3, -0.25) is 4.79 Å². The van der Waals surface area contributed by atoms with Crippen molar-refractivity contribution in [1.29, 1.82) is 0 Å². The van der Waals surface area contributed by atoms with Gasteiger partial charge in [0, 0.05) is 6.42 Å². The van der Waals surface area contributed by atoms with Gasteiger partial charge in [0.25, 0.3) is 0 Å². The Morgan fingerprint density at radius 2 is 1.65 bits per heavy atom. The second-order valence-corrected chi connectivity index (χ2v) is 4.37. The number of hydrogen-bond acceptors (Lipinski definition) is 1. The summed E-state index contributed by atoms with van der Waals surface area (Å²) in [5.74, 6) is -5.45. The van der Waals surface area contributed by atoms with Gasteiger partial charge in [-0.25, -0.2) is 17.6 Å². The molecule has 5 heteroatoms. The molecule has 0 saturated heterocycles.